The molecule has 0 fully saturated rings. The van der Waals surface area contributed by atoms with Crippen molar-refractivity contribution in [3.05, 3.63) is 29.5 Å². The molecule has 1 aliphatic rings. The minimum Gasteiger partial charge on any atom is -0.508 e. The van der Waals surface area contributed by atoms with Crippen LogP contribution >= 0.6 is 0 Å². The molecule has 1 aromatic heterocycles. The molecule has 16 heavy (non-hydrogen) atoms. The summed E-state index contributed by atoms with van der Waals surface area (Å²) in [6, 6.07) is 6.12. The molecule has 0 bridgehead atoms. The van der Waals surface area contributed by atoms with Gasteiger partial charge in [-0.05, 0) is 50.1 Å². The molecule has 1 aromatic carbocycles. The van der Waals surface area contributed by atoms with Gasteiger partial charge in [0.05, 0.1) is 0 Å². The number of hydrogen-bond acceptors (Lipinski definition) is 2. The number of nitrogens with one attached hydrogen (secondary N) is 2. The van der Waals surface area contributed by atoms with Crippen LogP contribution in [0.5, 0.6) is 5.75 Å². The average molecular weight is 216 g/mol. The maximum absolute atomic E-state index is 9.54. The van der Waals surface area contributed by atoms with E-state index in [0.29, 0.717) is 11.8 Å². The van der Waals surface area contributed by atoms with Crippen LogP contribution in [0.25, 0.3) is 10.9 Å². The van der Waals surface area contributed by atoms with E-state index in [1.165, 1.54) is 23.1 Å². The van der Waals surface area contributed by atoms with Gasteiger partial charge >= 0.3 is 0 Å². The Morgan fingerprint density at radius 1 is 1.44 bits per heavy atom. The van der Waals surface area contributed by atoms with Crippen molar-refractivity contribution in [1.82, 2.24) is 10.3 Å². The molecule has 0 amide bonds. The zero-order chi connectivity index (χ0) is 11.1. The first-order valence-electron chi connectivity index (χ1n) is 5.77. The number of aryl methyl sites for hydroxylation is 1. The molecule has 3 rings (SSSR count). The lowest BCUT2D eigenvalue weighted by Crippen LogP contribution is -2.31. The summed E-state index contributed by atoms with van der Waals surface area (Å²) in [6.45, 7) is 0. The number of fused-ring (bicyclic) bond motifs is 3. The molecular weight excluding hydrogens is 200 g/mol. The van der Waals surface area contributed by atoms with Crippen LogP contribution in [-0.2, 0) is 12.8 Å². The second-order valence-electron chi connectivity index (χ2n) is 4.54. The van der Waals surface area contributed by atoms with Gasteiger partial charge in [-0.3, -0.25) is 0 Å². The lowest BCUT2D eigenvalue weighted by Gasteiger charge is -2.21. The standard InChI is InChI=1S/C13H16N2O/c1-14-8-2-4-12-10(6-8)11-7-9(16)3-5-13(11)15-12/h3,5,7-8,14-16H,2,4,6H2,1H3. The number of rotatable bonds is 1. The number of aromatic nitrogens is 1. The quantitative estimate of drug-likeness (QED) is 0.682. The highest BCUT2D eigenvalue weighted by atomic mass is 16.3. The predicted molar refractivity (Wildman–Crippen MR) is 64.8 cm³/mol. The fourth-order valence-electron chi connectivity index (χ4n) is 2.65. The number of hydrogen-bond donors (Lipinski definition) is 3. The first kappa shape index (κ1) is 9.73. The van der Waals surface area contributed by atoms with Gasteiger partial charge in [0, 0.05) is 22.6 Å². The number of phenols is 1. The van der Waals surface area contributed by atoms with Crippen LogP contribution in [0.3, 0.4) is 0 Å². The van der Waals surface area contributed by atoms with Crippen molar-refractivity contribution < 1.29 is 5.11 Å². The summed E-state index contributed by atoms with van der Waals surface area (Å²) < 4.78 is 0. The monoisotopic (exact) mass is 216 g/mol. The van der Waals surface area contributed by atoms with Crippen LogP contribution in [0.15, 0.2) is 18.2 Å². The van der Waals surface area contributed by atoms with Gasteiger partial charge in [0.2, 0.25) is 0 Å². The topological polar surface area (TPSA) is 48.0 Å². The van der Waals surface area contributed by atoms with Gasteiger partial charge in [-0.2, -0.15) is 0 Å². The number of phenolic OH excluding ortho intramolecular Hbond substituents is 1. The number of benzene rings is 1. The Bertz CT molecular complexity index is 530. The van der Waals surface area contributed by atoms with Gasteiger partial charge in [0.1, 0.15) is 5.75 Å². The van der Waals surface area contributed by atoms with Crippen molar-refractivity contribution in [2.45, 2.75) is 25.3 Å². The third-order valence-corrected chi connectivity index (χ3v) is 3.58. The molecule has 2 aromatic rings. The molecular formula is C13H16N2O. The molecule has 0 radical (unpaired) electrons. The van der Waals surface area contributed by atoms with Gasteiger partial charge in [-0.15, -0.1) is 0 Å². The summed E-state index contributed by atoms with van der Waals surface area (Å²) in [7, 11) is 2.02. The van der Waals surface area contributed by atoms with Crippen LogP contribution in [0, 0.1) is 0 Å². The van der Waals surface area contributed by atoms with Crippen LogP contribution in [0.2, 0.25) is 0 Å². The molecule has 1 atom stereocenters. The molecule has 0 saturated heterocycles. The van der Waals surface area contributed by atoms with Crippen molar-refractivity contribution in [2.24, 2.45) is 0 Å². The van der Waals surface area contributed by atoms with Crippen LogP contribution in [0.1, 0.15) is 17.7 Å². The summed E-state index contributed by atoms with van der Waals surface area (Å²) in [4.78, 5) is 3.45. The Morgan fingerprint density at radius 3 is 3.12 bits per heavy atom. The molecule has 3 N–H and O–H groups in total. The summed E-state index contributed by atoms with van der Waals surface area (Å²) in [5.41, 5.74) is 3.85. The second-order valence-corrected chi connectivity index (χ2v) is 4.54. The van der Waals surface area contributed by atoms with E-state index in [-0.39, 0.29) is 0 Å². The molecule has 0 saturated carbocycles. The highest BCUT2D eigenvalue weighted by Crippen LogP contribution is 2.31. The summed E-state index contributed by atoms with van der Waals surface area (Å²) in [5.74, 6) is 0.348. The minimum atomic E-state index is 0.348. The van der Waals surface area contributed by atoms with E-state index in [0.717, 1.165) is 18.4 Å². The molecule has 84 valence electrons. The van der Waals surface area contributed by atoms with Crippen molar-refractivity contribution >= 4 is 10.9 Å². The Morgan fingerprint density at radius 2 is 2.31 bits per heavy atom. The zero-order valence-corrected chi connectivity index (χ0v) is 9.38. The van der Waals surface area contributed by atoms with E-state index in [2.05, 4.69) is 10.3 Å². The van der Waals surface area contributed by atoms with E-state index in [1.54, 1.807) is 6.07 Å². The number of aromatic hydroxyl groups is 1. The van der Waals surface area contributed by atoms with Crippen molar-refractivity contribution in [2.75, 3.05) is 7.05 Å². The van der Waals surface area contributed by atoms with Crippen LogP contribution < -0.4 is 5.32 Å². The molecule has 0 aliphatic heterocycles. The van der Waals surface area contributed by atoms with Crippen molar-refractivity contribution in [3.8, 4) is 5.75 Å². The molecule has 3 nitrogen and oxygen atoms in total. The van der Waals surface area contributed by atoms with Gasteiger partial charge in [0.15, 0.2) is 0 Å². The van der Waals surface area contributed by atoms with Crippen LogP contribution in [0.4, 0.5) is 0 Å². The Kier molecular flexibility index (Phi) is 2.14. The average Bonchev–Trinajstić information content (AvgIpc) is 2.66. The number of aromatic amines is 1. The summed E-state index contributed by atoms with van der Waals surface area (Å²) in [6.07, 6.45) is 3.33. The highest BCUT2D eigenvalue weighted by Gasteiger charge is 2.21. The SMILES string of the molecule is CNC1CCc2[nH]c3ccc(O)cc3c2C1. The van der Waals surface area contributed by atoms with Gasteiger partial charge < -0.3 is 15.4 Å². The predicted octanol–water partition coefficient (Wildman–Crippen LogP) is 1.95. The first-order valence-corrected chi connectivity index (χ1v) is 5.77. The molecule has 1 heterocycles. The van der Waals surface area contributed by atoms with Crippen molar-refractivity contribution in [3.63, 3.8) is 0 Å². The molecule has 0 spiro atoms. The first-order chi connectivity index (χ1) is 7.78. The van der Waals surface area contributed by atoms with E-state index >= 15 is 0 Å². The minimum absolute atomic E-state index is 0.348. The van der Waals surface area contributed by atoms with Gasteiger partial charge in [-0.25, -0.2) is 0 Å². The third-order valence-electron chi connectivity index (χ3n) is 3.58. The third kappa shape index (κ3) is 1.39. The lowest BCUT2D eigenvalue weighted by molar-refractivity contribution is 0.476. The summed E-state index contributed by atoms with van der Waals surface area (Å²) >= 11 is 0. The van der Waals surface area contributed by atoms with E-state index in [4.69, 9.17) is 0 Å². The summed E-state index contributed by atoms with van der Waals surface area (Å²) in [5, 5.41) is 14.1. The molecule has 1 unspecified atom stereocenters. The largest absolute Gasteiger partial charge is 0.508 e. The lowest BCUT2D eigenvalue weighted by atomic mass is 9.91. The Labute approximate surface area is 94.5 Å². The second kappa shape index (κ2) is 3.52. The van der Waals surface area contributed by atoms with Gasteiger partial charge in [0.25, 0.3) is 0 Å². The number of H-pyrrole nitrogens is 1. The van der Waals surface area contributed by atoms with E-state index in [9.17, 15) is 5.11 Å². The highest BCUT2D eigenvalue weighted by molar-refractivity contribution is 5.86. The smallest absolute Gasteiger partial charge is 0.116 e. The van der Waals surface area contributed by atoms with Crippen LogP contribution in [-0.4, -0.2) is 23.2 Å². The van der Waals surface area contributed by atoms with E-state index in [1.807, 2.05) is 19.2 Å². The maximum Gasteiger partial charge on any atom is 0.116 e. The fraction of sp³-hybridized carbons (Fsp3) is 0.385. The van der Waals surface area contributed by atoms with Crippen molar-refractivity contribution in [1.29, 1.82) is 0 Å². The van der Waals surface area contributed by atoms with Gasteiger partial charge in [-0.1, -0.05) is 0 Å². The number of likely N-dealkylation sites (N-methyl/N-ethyl adjacent to an activating group) is 1. The zero-order valence-electron chi connectivity index (χ0n) is 9.38. The molecule has 1 aliphatic carbocycles. The maximum atomic E-state index is 9.54. The normalized spacial score (nSPS) is 19.9. The Balaban J connectivity index is 2.15. The fourth-order valence-corrected chi connectivity index (χ4v) is 2.65. The van der Waals surface area contributed by atoms with E-state index < -0.39 is 0 Å². The molecule has 3 heteroatoms. The Hall–Kier alpha value is -1.48.